The molecule has 0 heterocycles. The van der Waals surface area contributed by atoms with Crippen LogP contribution in [0.2, 0.25) is 5.02 Å². The van der Waals surface area contributed by atoms with Crippen LogP contribution < -0.4 is 16.0 Å². The fraction of sp³-hybridized carbons (Fsp3) is 0.250. The topological polar surface area (TPSA) is 47.3 Å². The lowest BCUT2D eigenvalue weighted by Gasteiger charge is -2.18. The molecule has 0 amide bonds. The van der Waals surface area contributed by atoms with Gasteiger partial charge >= 0.3 is 0 Å². The first-order chi connectivity index (χ1) is 10.0. The molecule has 3 nitrogen and oxygen atoms in total. The molecule has 0 spiro atoms. The van der Waals surface area contributed by atoms with Crippen molar-refractivity contribution in [3.05, 3.63) is 63.9 Å². The molecule has 5 heteroatoms. The first-order valence-electron chi connectivity index (χ1n) is 6.59. The van der Waals surface area contributed by atoms with E-state index in [0.29, 0.717) is 6.42 Å². The Morgan fingerprint density at radius 2 is 2.05 bits per heavy atom. The van der Waals surface area contributed by atoms with Gasteiger partial charge < -0.3 is 4.74 Å². The third kappa shape index (κ3) is 3.73. The van der Waals surface area contributed by atoms with E-state index in [9.17, 15) is 4.39 Å². The summed E-state index contributed by atoms with van der Waals surface area (Å²) in [5, 5.41) is 0.119. The Hall–Kier alpha value is -1.62. The zero-order valence-corrected chi connectivity index (χ0v) is 12.7. The molecule has 2 rings (SSSR count). The molecule has 0 bridgehead atoms. The number of ether oxygens (including phenoxy) is 1. The highest BCUT2D eigenvalue weighted by molar-refractivity contribution is 6.30. The second-order valence-corrected chi connectivity index (χ2v) is 5.31. The van der Waals surface area contributed by atoms with Gasteiger partial charge in [-0.25, -0.2) is 4.39 Å². The summed E-state index contributed by atoms with van der Waals surface area (Å²) in [5.74, 6) is 6.02. The van der Waals surface area contributed by atoms with Crippen LogP contribution in [0.15, 0.2) is 36.4 Å². The highest BCUT2D eigenvalue weighted by Crippen LogP contribution is 2.26. The van der Waals surface area contributed by atoms with Crippen molar-refractivity contribution in [3.63, 3.8) is 0 Å². The number of hydrazine groups is 1. The van der Waals surface area contributed by atoms with E-state index in [2.05, 4.69) is 5.43 Å². The lowest BCUT2D eigenvalue weighted by Crippen LogP contribution is -2.29. The van der Waals surface area contributed by atoms with Crippen molar-refractivity contribution in [3.8, 4) is 5.75 Å². The number of hydrogen-bond acceptors (Lipinski definition) is 3. The second-order valence-electron chi connectivity index (χ2n) is 4.90. The molecule has 0 saturated carbocycles. The van der Waals surface area contributed by atoms with E-state index >= 15 is 0 Å². The zero-order valence-electron chi connectivity index (χ0n) is 12.0. The minimum Gasteiger partial charge on any atom is -0.496 e. The van der Waals surface area contributed by atoms with Gasteiger partial charge in [-0.1, -0.05) is 29.8 Å². The van der Waals surface area contributed by atoms with Gasteiger partial charge in [0.25, 0.3) is 0 Å². The van der Waals surface area contributed by atoms with Gasteiger partial charge in [0.1, 0.15) is 11.6 Å². The number of nitrogens with two attached hydrogens (primary N) is 1. The van der Waals surface area contributed by atoms with Crippen molar-refractivity contribution in [1.82, 2.24) is 5.43 Å². The van der Waals surface area contributed by atoms with Gasteiger partial charge in [0.05, 0.1) is 18.2 Å². The van der Waals surface area contributed by atoms with E-state index in [1.54, 1.807) is 19.2 Å². The summed E-state index contributed by atoms with van der Waals surface area (Å²) in [4.78, 5) is 0. The van der Waals surface area contributed by atoms with Crippen molar-refractivity contribution in [2.45, 2.75) is 19.4 Å². The molecule has 2 aromatic carbocycles. The van der Waals surface area contributed by atoms with Gasteiger partial charge in [-0.3, -0.25) is 11.3 Å². The molecule has 0 aromatic heterocycles. The summed E-state index contributed by atoms with van der Waals surface area (Å²) in [6.45, 7) is 1.97. The first-order valence-corrected chi connectivity index (χ1v) is 6.97. The van der Waals surface area contributed by atoms with Crippen molar-refractivity contribution in [1.29, 1.82) is 0 Å². The number of methoxy groups -OCH3 is 1. The van der Waals surface area contributed by atoms with Crippen molar-refractivity contribution < 1.29 is 9.13 Å². The third-order valence-corrected chi connectivity index (χ3v) is 3.77. The highest BCUT2D eigenvalue weighted by atomic mass is 35.5. The summed E-state index contributed by atoms with van der Waals surface area (Å²) in [6.07, 6.45) is 0.552. The summed E-state index contributed by atoms with van der Waals surface area (Å²) < 4.78 is 18.8. The third-order valence-electron chi connectivity index (χ3n) is 3.46. The predicted molar refractivity (Wildman–Crippen MR) is 82.9 cm³/mol. The van der Waals surface area contributed by atoms with Gasteiger partial charge in [0.2, 0.25) is 0 Å². The Morgan fingerprint density at radius 1 is 1.29 bits per heavy atom. The molecule has 0 fully saturated rings. The van der Waals surface area contributed by atoms with Gasteiger partial charge in [-0.05, 0) is 48.2 Å². The zero-order chi connectivity index (χ0) is 15.4. The molecule has 0 radical (unpaired) electrons. The molecule has 21 heavy (non-hydrogen) atoms. The largest absolute Gasteiger partial charge is 0.496 e. The van der Waals surface area contributed by atoms with E-state index < -0.39 is 5.82 Å². The maximum Gasteiger partial charge on any atom is 0.142 e. The molecule has 2 aromatic rings. The van der Waals surface area contributed by atoms with Crippen LogP contribution in [0, 0.1) is 12.7 Å². The standard InChI is InChI=1S/C16H18ClFN2O/c1-10-3-5-12(9-16(10)21-2)15(20-19)8-11-4-6-13(17)14(18)7-11/h3-7,9,15,20H,8,19H2,1-2H3. The smallest absolute Gasteiger partial charge is 0.142 e. The van der Waals surface area contributed by atoms with Crippen molar-refractivity contribution in [2.24, 2.45) is 5.84 Å². The number of nitrogens with one attached hydrogen (secondary N) is 1. The lowest BCUT2D eigenvalue weighted by molar-refractivity contribution is 0.410. The quantitative estimate of drug-likeness (QED) is 0.656. The molecule has 1 unspecified atom stereocenters. The van der Waals surface area contributed by atoms with Crippen LogP contribution in [0.3, 0.4) is 0 Å². The molecule has 1 atom stereocenters. The molecular weight excluding hydrogens is 291 g/mol. The number of benzene rings is 2. The van der Waals surface area contributed by atoms with Crippen LogP contribution in [0.5, 0.6) is 5.75 Å². The number of aryl methyl sites for hydroxylation is 1. The fourth-order valence-electron chi connectivity index (χ4n) is 2.23. The second kappa shape index (κ2) is 6.89. The van der Waals surface area contributed by atoms with E-state index in [1.807, 2.05) is 25.1 Å². The van der Waals surface area contributed by atoms with Crippen LogP contribution in [0.25, 0.3) is 0 Å². The van der Waals surface area contributed by atoms with Crippen LogP contribution >= 0.6 is 11.6 Å². The maximum atomic E-state index is 13.5. The monoisotopic (exact) mass is 308 g/mol. The maximum absolute atomic E-state index is 13.5. The van der Waals surface area contributed by atoms with Crippen LogP contribution in [0.1, 0.15) is 22.7 Å². The number of hydrogen-bond donors (Lipinski definition) is 2. The van der Waals surface area contributed by atoms with Gasteiger partial charge in [-0.2, -0.15) is 0 Å². The average Bonchev–Trinajstić information content (AvgIpc) is 2.49. The van der Waals surface area contributed by atoms with E-state index in [-0.39, 0.29) is 11.1 Å². The molecule has 0 saturated heterocycles. The van der Waals surface area contributed by atoms with E-state index in [4.69, 9.17) is 22.2 Å². The Morgan fingerprint density at radius 3 is 2.67 bits per heavy atom. The molecule has 0 aliphatic heterocycles. The minimum atomic E-state index is -0.425. The molecule has 112 valence electrons. The lowest BCUT2D eigenvalue weighted by atomic mass is 9.98. The average molecular weight is 309 g/mol. The summed E-state index contributed by atoms with van der Waals surface area (Å²) in [5.41, 5.74) is 5.61. The first kappa shape index (κ1) is 15.8. The van der Waals surface area contributed by atoms with Gasteiger partial charge in [0.15, 0.2) is 0 Å². The Kier molecular flexibility index (Phi) is 5.17. The van der Waals surface area contributed by atoms with Crippen molar-refractivity contribution in [2.75, 3.05) is 7.11 Å². The van der Waals surface area contributed by atoms with Crippen molar-refractivity contribution >= 4 is 11.6 Å². The van der Waals surface area contributed by atoms with E-state index in [0.717, 1.165) is 22.4 Å². The number of halogens is 2. The number of rotatable bonds is 5. The Balaban J connectivity index is 2.25. The predicted octanol–water partition coefficient (Wildman–Crippen LogP) is 3.54. The van der Waals surface area contributed by atoms with Crippen LogP contribution in [0.4, 0.5) is 4.39 Å². The summed E-state index contributed by atoms with van der Waals surface area (Å²) in [7, 11) is 1.63. The SMILES string of the molecule is COc1cc(C(Cc2ccc(Cl)c(F)c2)NN)ccc1C. The van der Waals surface area contributed by atoms with E-state index in [1.165, 1.54) is 6.07 Å². The van der Waals surface area contributed by atoms with Crippen LogP contribution in [-0.4, -0.2) is 7.11 Å². The molecular formula is C16H18ClFN2O. The van der Waals surface area contributed by atoms with Gasteiger partial charge in [-0.15, -0.1) is 0 Å². The summed E-state index contributed by atoms with van der Waals surface area (Å²) >= 11 is 5.69. The Bertz CT molecular complexity index is 634. The molecule has 3 N–H and O–H groups in total. The van der Waals surface area contributed by atoms with Crippen LogP contribution in [-0.2, 0) is 6.42 Å². The molecule has 0 aliphatic carbocycles. The normalized spacial score (nSPS) is 12.2. The Labute approximate surface area is 128 Å². The fourth-order valence-corrected chi connectivity index (χ4v) is 2.35. The highest BCUT2D eigenvalue weighted by Gasteiger charge is 2.13. The van der Waals surface area contributed by atoms with Gasteiger partial charge in [0, 0.05) is 0 Å². The minimum absolute atomic E-state index is 0.119. The molecule has 0 aliphatic rings. The summed E-state index contributed by atoms with van der Waals surface area (Å²) in [6, 6.07) is 10.5.